The Morgan fingerprint density at radius 1 is 1.41 bits per heavy atom. The first-order valence-electron chi connectivity index (χ1n) is 5.62. The number of aromatic nitrogens is 2. The van der Waals surface area contributed by atoms with Crippen LogP contribution in [0.3, 0.4) is 0 Å². The van der Waals surface area contributed by atoms with E-state index in [1.807, 2.05) is 6.07 Å². The summed E-state index contributed by atoms with van der Waals surface area (Å²) in [6.45, 7) is 2.81. The van der Waals surface area contributed by atoms with Gasteiger partial charge in [-0.1, -0.05) is 0 Å². The molecule has 0 spiro atoms. The van der Waals surface area contributed by atoms with Crippen LogP contribution >= 0.6 is 0 Å². The minimum Gasteiger partial charge on any atom is -0.366 e. The summed E-state index contributed by atoms with van der Waals surface area (Å²) >= 11 is 0. The van der Waals surface area contributed by atoms with Crippen LogP contribution in [0.2, 0.25) is 0 Å². The van der Waals surface area contributed by atoms with Gasteiger partial charge in [-0.2, -0.15) is 0 Å². The number of likely N-dealkylation sites (N-methyl/N-ethyl adjacent to an activating group) is 1. The number of amides is 1. The molecule has 1 aliphatic heterocycles. The monoisotopic (exact) mass is 230 g/mol. The third kappa shape index (κ3) is 1.59. The van der Waals surface area contributed by atoms with E-state index in [1.54, 1.807) is 12.1 Å². The van der Waals surface area contributed by atoms with Crippen molar-refractivity contribution in [1.29, 1.82) is 0 Å². The van der Waals surface area contributed by atoms with E-state index in [1.165, 1.54) is 0 Å². The Bertz CT molecular complexity index is 602. The van der Waals surface area contributed by atoms with Crippen molar-refractivity contribution in [3.05, 3.63) is 29.6 Å². The lowest BCUT2D eigenvalue weighted by molar-refractivity contribution is 0.100. The van der Waals surface area contributed by atoms with Gasteiger partial charge in [0.2, 0.25) is 5.91 Å². The highest BCUT2D eigenvalue weighted by Gasteiger charge is 2.17. The van der Waals surface area contributed by atoms with Crippen molar-refractivity contribution in [2.24, 2.45) is 5.73 Å². The normalized spacial score (nSPS) is 16.1. The fourth-order valence-corrected chi connectivity index (χ4v) is 2.29. The first-order chi connectivity index (χ1) is 8.15. The summed E-state index contributed by atoms with van der Waals surface area (Å²) < 4.78 is 2.21. The van der Waals surface area contributed by atoms with Crippen LogP contribution in [0.5, 0.6) is 0 Å². The molecule has 0 saturated heterocycles. The Hall–Kier alpha value is -1.88. The molecule has 0 unspecified atom stereocenters. The Balaban J connectivity index is 2.17. The van der Waals surface area contributed by atoms with E-state index < -0.39 is 5.91 Å². The number of nitrogens with zero attached hydrogens (tertiary/aromatic N) is 3. The molecule has 0 radical (unpaired) electrons. The zero-order valence-corrected chi connectivity index (χ0v) is 9.68. The number of hydrogen-bond acceptors (Lipinski definition) is 3. The van der Waals surface area contributed by atoms with Gasteiger partial charge in [0.05, 0.1) is 17.6 Å². The van der Waals surface area contributed by atoms with Crippen LogP contribution in [0.4, 0.5) is 0 Å². The van der Waals surface area contributed by atoms with Gasteiger partial charge in [-0.25, -0.2) is 4.98 Å². The maximum atomic E-state index is 11.1. The van der Waals surface area contributed by atoms with Crippen LogP contribution in [0.15, 0.2) is 18.2 Å². The van der Waals surface area contributed by atoms with Crippen molar-refractivity contribution in [1.82, 2.24) is 14.5 Å². The molecule has 5 heteroatoms. The van der Waals surface area contributed by atoms with Crippen molar-refractivity contribution in [2.45, 2.75) is 13.1 Å². The minimum atomic E-state index is -0.407. The van der Waals surface area contributed by atoms with E-state index in [0.29, 0.717) is 5.56 Å². The lowest BCUT2D eigenvalue weighted by Crippen LogP contribution is -2.30. The fraction of sp³-hybridized carbons (Fsp3) is 0.333. The molecule has 0 saturated carbocycles. The van der Waals surface area contributed by atoms with Crippen LogP contribution in [0, 0.1) is 0 Å². The maximum absolute atomic E-state index is 11.1. The Morgan fingerprint density at radius 3 is 3.00 bits per heavy atom. The number of fused-ring (bicyclic) bond motifs is 3. The summed E-state index contributed by atoms with van der Waals surface area (Å²) in [5, 5.41) is 0. The molecule has 1 amide bonds. The SMILES string of the molecule is CN1CCn2c(nc3cc(C(N)=O)ccc32)C1. The molecule has 1 aromatic carbocycles. The summed E-state index contributed by atoms with van der Waals surface area (Å²) in [4.78, 5) is 17.9. The molecule has 17 heavy (non-hydrogen) atoms. The first kappa shape index (κ1) is 10.3. The number of primary amides is 1. The van der Waals surface area contributed by atoms with Crippen LogP contribution < -0.4 is 5.73 Å². The molecule has 2 N–H and O–H groups in total. The highest BCUT2D eigenvalue weighted by Crippen LogP contribution is 2.21. The topological polar surface area (TPSA) is 64.2 Å². The molecular formula is C12H14N4O. The average molecular weight is 230 g/mol. The van der Waals surface area contributed by atoms with E-state index in [0.717, 1.165) is 36.5 Å². The van der Waals surface area contributed by atoms with Gasteiger partial charge in [0.15, 0.2) is 0 Å². The second-order valence-corrected chi connectivity index (χ2v) is 4.49. The summed E-state index contributed by atoms with van der Waals surface area (Å²) in [5.74, 6) is 0.644. The van der Waals surface area contributed by atoms with Crippen molar-refractivity contribution >= 4 is 16.9 Å². The molecule has 88 valence electrons. The number of nitrogens with two attached hydrogens (primary N) is 1. The fourth-order valence-electron chi connectivity index (χ4n) is 2.29. The highest BCUT2D eigenvalue weighted by atomic mass is 16.1. The van der Waals surface area contributed by atoms with Gasteiger partial charge >= 0.3 is 0 Å². The Labute approximate surface area is 98.8 Å². The quantitative estimate of drug-likeness (QED) is 0.779. The number of rotatable bonds is 1. The molecule has 3 rings (SSSR count). The molecule has 0 fully saturated rings. The largest absolute Gasteiger partial charge is 0.366 e. The highest BCUT2D eigenvalue weighted by molar-refractivity contribution is 5.96. The van der Waals surface area contributed by atoms with Crippen LogP contribution in [-0.2, 0) is 13.1 Å². The lowest BCUT2D eigenvalue weighted by Gasteiger charge is -2.23. The molecule has 5 nitrogen and oxygen atoms in total. The third-order valence-electron chi connectivity index (χ3n) is 3.23. The summed E-state index contributed by atoms with van der Waals surface area (Å²) in [6, 6.07) is 5.46. The molecule has 1 aromatic heterocycles. The van der Waals surface area contributed by atoms with E-state index in [2.05, 4.69) is 21.5 Å². The van der Waals surface area contributed by atoms with Crippen LogP contribution in [0.25, 0.3) is 11.0 Å². The molecule has 2 heterocycles. The predicted octanol–water partition coefficient (Wildman–Crippen LogP) is 0.581. The standard InChI is InChI=1S/C12H14N4O/c1-15-4-5-16-10-3-2-8(12(13)17)6-9(10)14-11(16)7-15/h2-3,6H,4-5,7H2,1H3,(H2,13,17). The van der Waals surface area contributed by atoms with Gasteiger partial charge in [-0.05, 0) is 25.2 Å². The van der Waals surface area contributed by atoms with Crippen LogP contribution in [-0.4, -0.2) is 34.0 Å². The summed E-state index contributed by atoms with van der Waals surface area (Å²) in [5.41, 5.74) is 7.72. The van der Waals surface area contributed by atoms with Crippen molar-refractivity contribution in [3.63, 3.8) is 0 Å². The van der Waals surface area contributed by atoms with Gasteiger partial charge < -0.3 is 10.3 Å². The van der Waals surface area contributed by atoms with E-state index >= 15 is 0 Å². The summed E-state index contributed by atoms with van der Waals surface area (Å²) in [7, 11) is 2.08. The molecule has 1 aliphatic rings. The molecular weight excluding hydrogens is 216 g/mol. The predicted molar refractivity (Wildman–Crippen MR) is 64.6 cm³/mol. The number of benzene rings is 1. The molecule has 2 aromatic rings. The van der Waals surface area contributed by atoms with E-state index in [-0.39, 0.29) is 0 Å². The minimum absolute atomic E-state index is 0.407. The second kappa shape index (κ2) is 3.56. The van der Waals surface area contributed by atoms with E-state index in [4.69, 9.17) is 5.73 Å². The van der Waals surface area contributed by atoms with Crippen molar-refractivity contribution in [2.75, 3.05) is 13.6 Å². The summed E-state index contributed by atoms with van der Waals surface area (Å²) in [6.07, 6.45) is 0. The average Bonchev–Trinajstić information content (AvgIpc) is 2.64. The molecule has 0 aliphatic carbocycles. The van der Waals surface area contributed by atoms with Crippen LogP contribution in [0.1, 0.15) is 16.2 Å². The van der Waals surface area contributed by atoms with Crippen molar-refractivity contribution < 1.29 is 4.79 Å². The molecule has 0 bridgehead atoms. The number of hydrogen-bond donors (Lipinski definition) is 1. The number of imidazole rings is 1. The van der Waals surface area contributed by atoms with E-state index in [9.17, 15) is 4.79 Å². The second-order valence-electron chi connectivity index (χ2n) is 4.49. The van der Waals surface area contributed by atoms with Crippen molar-refractivity contribution in [3.8, 4) is 0 Å². The Kier molecular flexibility index (Phi) is 2.16. The lowest BCUT2D eigenvalue weighted by atomic mass is 10.2. The van der Waals surface area contributed by atoms with Gasteiger partial charge in [0.1, 0.15) is 5.82 Å². The van der Waals surface area contributed by atoms with Gasteiger partial charge in [0, 0.05) is 18.7 Å². The third-order valence-corrected chi connectivity index (χ3v) is 3.23. The zero-order valence-electron chi connectivity index (χ0n) is 9.68. The first-order valence-corrected chi connectivity index (χ1v) is 5.62. The smallest absolute Gasteiger partial charge is 0.248 e. The zero-order chi connectivity index (χ0) is 12.0. The van der Waals surface area contributed by atoms with Gasteiger partial charge in [-0.3, -0.25) is 9.69 Å². The van der Waals surface area contributed by atoms with Gasteiger partial charge in [-0.15, -0.1) is 0 Å². The number of carbonyl (C=O) groups is 1. The van der Waals surface area contributed by atoms with Gasteiger partial charge in [0.25, 0.3) is 0 Å². The molecule has 0 atom stereocenters. The Morgan fingerprint density at radius 2 is 2.24 bits per heavy atom. The maximum Gasteiger partial charge on any atom is 0.248 e. The number of carbonyl (C=O) groups excluding carboxylic acids is 1.